The third-order valence-electron chi connectivity index (χ3n) is 3.52. The van der Waals surface area contributed by atoms with Gasteiger partial charge in [0.2, 0.25) is 0 Å². The molecule has 0 amide bonds. The van der Waals surface area contributed by atoms with Gasteiger partial charge >= 0.3 is 0 Å². The average molecular weight is 254 g/mol. The zero-order chi connectivity index (χ0) is 14.0. The van der Waals surface area contributed by atoms with E-state index in [1.165, 1.54) is 0 Å². The second kappa shape index (κ2) is 5.27. The smallest absolute Gasteiger partial charge is 0.193 e. The van der Waals surface area contributed by atoms with Crippen molar-refractivity contribution in [2.24, 2.45) is 0 Å². The lowest BCUT2D eigenvalue weighted by molar-refractivity contribution is 0.103. The number of aryl methyl sites for hydroxylation is 1. The number of methoxy groups -OCH3 is 1. The predicted molar refractivity (Wildman–Crippen MR) is 77.1 cm³/mol. The number of hydrogen-bond donors (Lipinski definition) is 0. The molecule has 0 N–H and O–H groups in total. The molecule has 98 valence electrons. The van der Waals surface area contributed by atoms with Crippen LogP contribution in [0.2, 0.25) is 0 Å². The van der Waals surface area contributed by atoms with Gasteiger partial charge in [-0.2, -0.15) is 0 Å². The van der Waals surface area contributed by atoms with Crippen molar-refractivity contribution in [3.8, 4) is 5.75 Å². The van der Waals surface area contributed by atoms with E-state index in [0.717, 1.165) is 33.6 Å². The first-order valence-electron chi connectivity index (χ1n) is 6.30. The molecular weight excluding hydrogens is 236 g/mol. The largest absolute Gasteiger partial charge is 0.496 e. The van der Waals surface area contributed by atoms with Crippen molar-refractivity contribution in [1.82, 2.24) is 0 Å². The molecular formula is C17H18O2. The second-order valence-corrected chi connectivity index (χ2v) is 4.76. The highest BCUT2D eigenvalue weighted by Gasteiger charge is 2.14. The molecule has 2 rings (SSSR count). The average Bonchev–Trinajstić information content (AvgIpc) is 2.42. The molecule has 2 aromatic carbocycles. The fourth-order valence-corrected chi connectivity index (χ4v) is 2.12. The monoisotopic (exact) mass is 254 g/mol. The predicted octanol–water partition coefficient (Wildman–Crippen LogP) is 3.85. The van der Waals surface area contributed by atoms with Gasteiger partial charge in [0.1, 0.15) is 5.75 Å². The van der Waals surface area contributed by atoms with Crippen molar-refractivity contribution >= 4 is 5.78 Å². The quantitative estimate of drug-likeness (QED) is 0.778. The van der Waals surface area contributed by atoms with Crippen molar-refractivity contribution < 1.29 is 9.53 Å². The molecule has 0 saturated carbocycles. The molecule has 0 aromatic heterocycles. The third-order valence-corrected chi connectivity index (χ3v) is 3.52. The standard InChI is InChI=1S/C17H18O2/c1-11-5-7-14(8-6-11)17(18)15-9-10-16(19-4)13(3)12(15)2/h5-10H,1-4H3. The van der Waals surface area contributed by atoms with Crippen molar-refractivity contribution in [3.63, 3.8) is 0 Å². The van der Waals surface area contributed by atoms with Crippen molar-refractivity contribution in [3.05, 3.63) is 64.2 Å². The number of ketones is 1. The molecule has 0 spiro atoms. The van der Waals surface area contributed by atoms with E-state index in [1.54, 1.807) is 7.11 Å². The first kappa shape index (κ1) is 13.3. The van der Waals surface area contributed by atoms with E-state index in [4.69, 9.17) is 4.74 Å². The summed E-state index contributed by atoms with van der Waals surface area (Å²) in [6.07, 6.45) is 0. The minimum Gasteiger partial charge on any atom is -0.496 e. The normalized spacial score (nSPS) is 10.3. The Morgan fingerprint density at radius 2 is 1.53 bits per heavy atom. The summed E-state index contributed by atoms with van der Waals surface area (Å²) < 4.78 is 5.27. The van der Waals surface area contributed by atoms with E-state index in [2.05, 4.69) is 0 Å². The molecule has 0 saturated heterocycles. The molecule has 0 aliphatic carbocycles. The first-order valence-corrected chi connectivity index (χ1v) is 6.30. The van der Waals surface area contributed by atoms with Crippen LogP contribution in [-0.2, 0) is 0 Å². The topological polar surface area (TPSA) is 26.3 Å². The summed E-state index contributed by atoms with van der Waals surface area (Å²) in [6, 6.07) is 11.3. The zero-order valence-electron chi connectivity index (χ0n) is 11.8. The number of rotatable bonds is 3. The Hall–Kier alpha value is -2.09. The van der Waals surface area contributed by atoms with Gasteiger partial charge in [0.15, 0.2) is 5.78 Å². The summed E-state index contributed by atoms with van der Waals surface area (Å²) in [6.45, 7) is 5.94. The summed E-state index contributed by atoms with van der Waals surface area (Å²) in [5.74, 6) is 0.876. The van der Waals surface area contributed by atoms with Crippen LogP contribution in [0.3, 0.4) is 0 Å². The number of ether oxygens (including phenoxy) is 1. The van der Waals surface area contributed by atoms with Gasteiger partial charge in [0, 0.05) is 11.1 Å². The van der Waals surface area contributed by atoms with Crippen LogP contribution in [0.4, 0.5) is 0 Å². The number of benzene rings is 2. The van der Waals surface area contributed by atoms with Crippen molar-refractivity contribution in [1.29, 1.82) is 0 Å². The lowest BCUT2D eigenvalue weighted by Gasteiger charge is -2.12. The van der Waals surface area contributed by atoms with Crippen LogP contribution >= 0.6 is 0 Å². The maximum absolute atomic E-state index is 12.5. The molecule has 0 radical (unpaired) electrons. The van der Waals surface area contributed by atoms with Gasteiger partial charge in [0.25, 0.3) is 0 Å². The molecule has 0 aliphatic rings. The molecule has 0 atom stereocenters. The highest BCUT2D eigenvalue weighted by molar-refractivity contribution is 6.10. The number of carbonyl (C=O) groups excluding carboxylic acids is 1. The fraction of sp³-hybridized carbons (Fsp3) is 0.235. The van der Waals surface area contributed by atoms with Gasteiger partial charge in [-0.25, -0.2) is 0 Å². The van der Waals surface area contributed by atoms with Gasteiger partial charge in [-0.3, -0.25) is 4.79 Å². The Balaban J connectivity index is 2.45. The molecule has 0 aliphatic heterocycles. The highest BCUT2D eigenvalue weighted by Crippen LogP contribution is 2.25. The van der Waals surface area contributed by atoms with E-state index in [1.807, 2.05) is 57.2 Å². The Morgan fingerprint density at radius 1 is 0.895 bits per heavy atom. The molecule has 2 heteroatoms. The maximum Gasteiger partial charge on any atom is 0.193 e. The minimum absolute atomic E-state index is 0.0586. The van der Waals surface area contributed by atoms with Crippen LogP contribution in [0, 0.1) is 20.8 Å². The molecule has 0 heterocycles. The lowest BCUT2D eigenvalue weighted by Crippen LogP contribution is -2.05. The summed E-state index contributed by atoms with van der Waals surface area (Å²) in [5.41, 5.74) is 4.60. The van der Waals surface area contributed by atoms with Crippen molar-refractivity contribution in [2.75, 3.05) is 7.11 Å². The van der Waals surface area contributed by atoms with E-state index in [9.17, 15) is 4.79 Å². The van der Waals surface area contributed by atoms with E-state index in [-0.39, 0.29) is 5.78 Å². The van der Waals surface area contributed by atoms with E-state index in [0.29, 0.717) is 0 Å². The summed E-state index contributed by atoms with van der Waals surface area (Å²) in [7, 11) is 1.64. The van der Waals surface area contributed by atoms with E-state index >= 15 is 0 Å². The molecule has 19 heavy (non-hydrogen) atoms. The van der Waals surface area contributed by atoms with E-state index < -0.39 is 0 Å². The molecule has 2 aromatic rings. The van der Waals surface area contributed by atoms with Gasteiger partial charge in [-0.1, -0.05) is 29.8 Å². The number of hydrogen-bond acceptors (Lipinski definition) is 2. The van der Waals surface area contributed by atoms with Crippen LogP contribution in [0.1, 0.15) is 32.6 Å². The Kier molecular flexibility index (Phi) is 3.70. The minimum atomic E-state index is 0.0586. The maximum atomic E-state index is 12.5. The number of carbonyl (C=O) groups is 1. The van der Waals surface area contributed by atoms with Gasteiger partial charge in [-0.15, -0.1) is 0 Å². The molecule has 0 unspecified atom stereocenters. The van der Waals surface area contributed by atoms with Gasteiger partial charge < -0.3 is 4.74 Å². The summed E-state index contributed by atoms with van der Waals surface area (Å²) in [4.78, 5) is 12.5. The first-order chi connectivity index (χ1) is 9.04. The van der Waals surface area contributed by atoms with Crippen LogP contribution in [-0.4, -0.2) is 12.9 Å². The SMILES string of the molecule is COc1ccc(C(=O)c2ccc(C)cc2)c(C)c1C. The van der Waals surface area contributed by atoms with Gasteiger partial charge in [-0.05, 0) is 44.0 Å². The Bertz CT molecular complexity index is 610. The summed E-state index contributed by atoms with van der Waals surface area (Å²) >= 11 is 0. The Labute approximate surface area is 114 Å². The van der Waals surface area contributed by atoms with Crippen LogP contribution in [0.5, 0.6) is 5.75 Å². The summed E-state index contributed by atoms with van der Waals surface area (Å²) in [5, 5.41) is 0. The fourth-order valence-electron chi connectivity index (χ4n) is 2.12. The molecule has 0 fully saturated rings. The lowest BCUT2D eigenvalue weighted by atomic mass is 9.95. The Morgan fingerprint density at radius 3 is 2.11 bits per heavy atom. The van der Waals surface area contributed by atoms with Crippen molar-refractivity contribution in [2.45, 2.75) is 20.8 Å². The highest BCUT2D eigenvalue weighted by atomic mass is 16.5. The zero-order valence-corrected chi connectivity index (χ0v) is 11.8. The van der Waals surface area contributed by atoms with Crippen LogP contribution in [0.15, 0.2) is 36.4 Å². The third kappa shape index (κ3) is 2.53. The van der Waals surface area contributed by atoms with Crippen LogP contribution < -0.4 is 4.74 Å². The molecule has 0 bridgehead atoms. The van der Waals surface area contributed by atoms with Gasteiger partial charge in [0.05, 0.1) is 7.11 Å². The second-order valence-electron chi connectivity index (χ2n) is 4.76. The van der Waals surface area contributed by atoms with Crippen LogP contribution in [0.25, 0.3) is 0 Å². The molecule has 2 nitrogen and oxygen atoms in total.